The molecule has 1 amide bonds. The molecule has 108 valence electrons. The molecule has 0 spiro atoms. The van der Waals surface area contributed by atoms with Gasteiger partial charge in [0.1, 0.15) is 0 Å². The second-order valence-electron chi connectivity index (χ2n) is 5.89. The third kappa shape index (κ3) is 3.07. The molecule has 3 rings (SSSR count). The van der Waals surface area contributed by atoms with Crippen LogP contribution in [-0.4, -0.2) is 25.7 Å². The van der Waals surface area contributed by atoms with Crippen LogP contribution < -0.4 is 5.32 Å². The zero-order valence-corrected chi connectivity index (χ0v) is 13.1. The number of hydrogen-bond acceptors (Lipinski definition) is 2. The summed E-state index contributed by atoms with van der Waals surface area (Å²) in [5, 5.41) is 3.16. The molecular formula is C16H20BrNO2. The Kier molecular flexibility index (Phi) is 4.13. The van der Waals surface area contributed by atoms with E-state index in [0.717, 1.165) is 49.9 Å². The van der Waals surface area contributed by atoms with Crippen LogP contribution in [0, 0.1) is 5.92 Å². The summed E-state index contributed by atoms with van der Waals surface area (Å²) in [6.07, 6.45) is 4.06. The summed E-state index contributed by atoms with van der Waals surface area (Å²) in [5.41, 5.74) is 1.34. The minimum Gasteiger partial charge on any atom is -0.381 e. The second kappa shape index (κ2) is 5.86. The van der Waals surface area contributed by atoms with Crippen molar-refractivity contribution in [2.45, 2.75) is 31.1 Å². The lowest BCUT2D eigenvalue weighted by molar-refractivity contribution is -0.122. The summed E-state index contributed by atoms with van der Waals surface area (Å²) in [6.45, 7) is 2.28. The Labute approximate surface area is 128 Å². The molecule has 20 heavy (non-hydrogen) atoms. The molecule has 0 radical (unpaired) electrons. The minimum absolute atomic E-state index is 0.0312. The van der Waals surface area contributed by atoms with Crippen LogP contribution in [0.25, 0.3) is 0 Å². The van der Waals surface area contributed by atoms with Crippen LogP contribution in [0.15, 0.2) is 28.7 Å². The molecule has 4 heteroatoms. The number of nitrogens with one attached hydrogen (secondary N) is 1. The third-order valence-corrected chi connectivity index (χ3v) is 4.98. The zero-order valence-electron chi connectivity index (χ0n) is 11.5. The number of amides is 1. The van der Waals surface area contributed by atoms with E-state index in [1.54, 1.807) is 0 Å². The monoisotopic (exact) mass is 337 g/mol. The van der Waals surface area contributed by atoms with E-state index in [-0.39, 0.29) is 17.2 Å². The molecule has 0 unspecified atom stereocenters. The maximum atomic E-state index is 11.9. The van der Waals surface area contributed by atoms with E-state index in [0.29, 0.717) is 0 Å². The third-order valence-electron chi connectivity index (χ3n) is 4.46. The first-order valence-electron chi connectivity index (χ1n) is 7.31. The topological polar surface area (TPSA) is 38.3 Å². The van der Waals surface area contributed by atoms with Crippen molar-refractivity contribution in [3.63, 3.8) is 0 Å². The van der Waals surface area contributed by atoms with E-state index in [9.17, 15) is 4.79 Å². The fourth-order valence-electron chi connectivity index (χ4n) is 2.88. The Balaban J connectivity index is 1.76. The van der Waals surface area contributed by atoms with E-state index in [4.69, 9.17) is 4.74 Å². The van der Waals surface area contributed by atoms with Crippen molar-refractivity contribution in [2.75, 3.05) is 19.8 Å². The minimum atomic E-state index is 0.0312. The van der Waals surface area contributed by atoms with Gasteiger partial charge in [-0.1, -0.05) is 28.1 Å². The zero-order chi connectivity index (χ0) is 14.0. The van der Waals surface area contributed by atoms with Gasteiger partial charge in [-0.2, -0.15) is 0 Å². The first kappa shape index (κ1) is 14.1. The SMILES string of the molecule is O=C(NCC1(c2ccc(Br)cc2)CCOCC1)C1CC1. The largest absolute Gasteiger partial charge is 0.381 e. The van der Waals surface area contributed by atoms with Crippen LogP contribution in [0.3, 0.4) is 0 Å². The standard InChI is InChI=1S/C16H20BrNO2/c17-14-5-3-13(4-6-14)16(7-9-20-10-8-16)11-18-15(19)12-1-2-12/h3-6,12H,1-2,7-11H2,(H,18,19). The highest BCUT2D eigenvalue weighted by atomic mass is 79.9. The van der Waals surface area contributed by atoms with Gasteiger partial charge in [-0.15, -0.1) is 0 Å². The molecular weight excluding hydrogens is 318 g/mol. The molecule has 1 aromatic carbocycles. The smallest absolute Gasteiger partial charge is 0.223 e. The molecule has 3 nitrogen and oxygen atoms in total. The Bertz CT molecular complexity index is 476. The first-order valence-corrected chi connectivity index (χ1v) is 8.10. The van der Waals surface area contributed by atoms with Gasteiger partial charge in [0.05, 0.1) is 0 Å². The lowest BCUT2D eigenvalue weighted by Crippen LogP contribution is -2.45. The van der Waals surface area contributed by atoms with Crippen molar-refractivity contribution in [1.82, 2.24) is 5.32 Å². The van der Waals surface area contributed by atoms with Gasteiger partial charge in [0.2, 0.25) is 5.91 Å². The molecule has 2 fully saturated rings. The normalized spacial score (nSPS) is 21.4. The van der Waals surface area contributed by atoms with Gasteiger partial charge < -0.3 is 10.1 Å². The van der Waals surface area contributed by atoms with Gasteiger partial charge in [-0.05, 0) is 43.4 Å². The Morgan fingerprint density at radius 3 is 2.50 bits per heavy atom. The van der Waals surface area contributed by atoms with Gasteiger partial charge >= 0.3 is 0 Å². The summed E-state index contributed by atoms with van der Waals surface area (Å²) < 4.78 is 6.60. The summed E-state index contributed by atoms with van der Waals surface area (Å²) >= 11 is 3.48. The van der Waals surface area contributed by atoms with Gasteiger partial charge in [0.15, 0.2) is 0 Å². The van der Waals surface area contributed by atoms with E-state index in [1.165, 1.54) is 5.56 Å². The van der Waals surface area contributed by atoms with Crippen molar-refractivity contribution in [1.29, 1.82) is 0 Å². The maximum Gasteiger partial charge on any atom is 0.223 e. The molecule has 1 aliphatic heterocycles. The second-order valence-corrected chi connectivity index (χ2v) is 6.81. The number of halogens is 1. The van der Waals surface area contributed by atoms with Crippen LogP contribution >= 0.6 is 15.9 Å². The summed E-state index contributed by atoms with van der Waals surface area (Å²) in [6, 6.07) is 8.49. The molecule has 1 heterocycles. The number of benzene rings is 1. The Hall–Kier alpha value is -0.870. The average Bonchev–Trinajstić information content (AvgIpc) is 3.31. The lowest BCUT2D eigenvalue weighted by Gasteiger charge is -2.38. The number of carbonyl (C=O) groups is 1. The van der Waals surface area contributed by atoms with Crippen LogP contribution in [-0.2, 0) is 14.9 Å². The highest BCUT2D eigenvalue weighted by Crippen LogP contribution is 2.35. The van der Waals surface area contributed by atoms with Crippen molar-refractivity contribution >= 4 is 21.8 Å². The van der Waals surface area contributed by atoms with Crippen molar-refractivity contribution in [3.05, 3.63) is 34.3 Å². The van der Waals surface area contributed by atoms with Gasteiger partial charge in [-0.3, -0.25) is 4.79 Å². The van der Waals surface area contributed by atoms with Crippen LogP contribution in [0.5, 0.6) is 0 Å². The number of rotatable bonds is 4. The molecule has 1 saturated carbocycles. The van der Waals surface area contributed by atoms with E-state index < -0.39 is 0 Å². The lowest BCUT2D eigenvalue weighted by atomic mass is 9.74. The van der Waals surface area contributed by atoms with Gasteiger partial charge in [0, 0.05) is 35.6 Å². The maximum absolute atomic E-state index is 11.9. The molecule has 2 aliphatic rings. The number of carbonyl (C=O) groups excluding carboxylic acids is 1. The first-order chi connectivity index (χ1) is 9.70. The molecule has 1 N–H and O–H groups in total. The summed E-state index contributed by atoms with van der Waals surface area (Å²) in [5.74, 6) is 0.504. The van der Waals surface area contributed by atoms with Gasteiger partial charge in [-0.25, -0.2) is 0 Å². The summed E-state index contributed by atoms with van der Waals surface area (Å²) in [4.78, 5) is 11.9. The van der Waals surface area contributed by atoms with Crippen molar-refractivity contribution < 1.29 is 9.53 Å². The number of hydrogen-bond donors (Lipinski definition) is 1. The van der Waals surface area contributed by atoms with Crippen LogP contribution in [0.1, 0.15) is 31.2 Å². The van der Waals surface area contributed by atoms with Crippen molar-refractivity contribution in [2.24, 2.45) is 5.92 Å². The Morgan fingerprint density at radius 1 is 1.25 bits per heavy atom. The molecule has 1 saturated heterocycles. The Morgan fingerprint density at radius 2 is 1.90 bits per heavy atom. The van der Waals surface area contributed by atoms with E-state index >= 15 is 0 Å². The molecule has 0 bridgehead atoms. The predicted molar refractivity (Wildman–Crippen MR) is 81.6 cm³/mol. The molecule has 1 aliphatic carbocycles. The quantitative estimate of drug-likeness (QED) is 0.917. The fraction of sp³-hybridized carbons (Fsp3) is 0.562. The molecule has 0 atom stereocenters. The summed E-state index contributed by atoms with van der Waals surface area (Å²) in [7, 11) is 0. The van der Waals surface area contributed by atoms with Gasteiger partial charge in [0.25, 0.3) is 0 Å². The van der Waals surface area contributed by atoms with E-state index in [2.05, 4.69) is 45.5 Å². The molecule has 1 aromatic rings. The predicted octanol–water partition coefficient (Wildman–Crippen LogP) is 3.02. The molecule has 0 aromatic heterocycles. The highest BCUT2D eigenvalue weighted by molar-refractivity contribution is 9.10. The van der Waals surface area contributed by atoms with Crippen LogP contribution in [0.2, 0.25) is 0 Å². The number of ether oxygens (including phenoxy) is 1. The fourth-order valence-corrected chi connectivity index (χ4v) is 3.14. The highest BCUT2D eigenvalue weighted by Gasteiger charge is 2.36. The average molecular weight is 338 g/mol. The van der Waals surface area contributed by atoms with Crippen molar-refractivity contribution in [3.8, 4) is 0 Å². The van der Waals surface area contributed by atoms with Crippen LogP contribution in [0.4, 0.5) is 0 Å². The van der Waals surface area contributed by atoms with E-state index in [1.807, 2.05) is 0 Å².